The number of anilines is 1. The molecule has 8 nitrogen and oxygen atoms in total. The van der Waals surface area contributed by atoms with Crippen LogP contribution in [0.15, 0.2) is 12.1 Å². The Bertz CT molecular complexity index is 540. The first-order valence-corrected chi connectivity index (χ1v) is 6.73. The molecule has 0 amide bonds. The smallest absolute Gasteiger partial charge is 0.303 e. The number of benzene rings is 1. The Morgan fingerprint density at radius 3 is 2.19 bits per heavy atom. The van der Waals surface area contributed by atoms with Crippen molar-refractivity contribution in [3.05, 3.63) is 32.4 Å². The number of rotatable bonds is 4. The predicted octanol–water partition coefficient (Wildman–Crippen LogP) is 2.89. The van der Waals surface area contributed by atoms with E-state index in [-0.39, 0.29) is 28.9 Å². The summed E-state index contributed by atoms with van der Waals surface area (Å²) in [5, 5.41) is 22.6. The number of nitrogens with zero attached hydrogens (tertiary/aromatic N) is 3. The molecule has 0 radical (unpaired) electrons. The quantitative estimate of drug-likeness (QED) is 0.625. The van der Waals surface area contributed by atoms with Crippen LogP contribution >= 0.6 is 0 Å². The molecule has 0 aliphatic carbocycles. The van der Waals surface area contributed by atoms with Gasteiger partial charge in [0.25, 0.3) is 0 Å². The first kappa shape index (κ1) is 15.0. The first-order valence-electron chi connectivity index (χ1n) is 6.73. The summed E-state index contributed by atoms with van der Waals surface area (Å²) in [5.74, 6) is 0.113. The van der Waals surface area contributed by atoms with Crippen molar-refractivity contribution in [2.45, 2.75) is 32.2 Å². The van der Waals surface area contributed by atoms with E-state index in [2.05, 4.69) is 0 Å². The van der Waals surface area contributed by atoms with Crippen LogP contribution in [-0.4, -0.2) is 29.5 Å². The maximum absolute atomic E-state index is 11.3. The molecule has 1 aliphatic heterocycles. The molecule has 114 valence electrons. The Hall–Kier alpha value is -2.38. The zero-order valence-electron chi connectivity index (χ0n) is 11.9. The van der Waals surface area contributed by atoms with Crippen molar-refractivity contribution in [3.8, 4) is 5.75 Å². The summed E-state index contributed by atoms with van der Waals surface area (Å²) >= 11 is 0. The number of ether oxygens (including phenoxy) is 1. The number of hydrogen-bond acceptors (Lipinski definition) is 6. The SMILES string of the molecule is COc1cc([N+](=O)[O-])c(N2CCCCC2C)c([N+](=O)[O-])c1. The fraction of sp³-hybridized carbons (Fsp3) is 0.538. The van der Waals surface area contributed by atoms with Gasteiger partial charge in [-0.05, 0) is 26.2 Å². The van der Waals surface area contributed by atoms with E-state index < -0.39 is 9.85 Å². The Labute approximate surface area is 121 Å². The monoisotopic (exact) mass is 295 g/mol. The topological polar surface area (TPSA) is 98.8 Å². The number of nitro benzene ring substituents is 2. The van der Waals surface area contributed by atoms with Gasteiger partial charge in [0.05, 0.1) is 29.1 Å². The van der Waals surface area contributed by atoms with E-state index in [0.29, 0.717) is 6.54 Å². The van der Waals surface area contributed by atoms with Gasteiger partial charge in [-0.1, -0.05) is 0 Å². The highest BCUT2D eigenvalue weighted by Gasteiger charge is 2.34. The molecule has 1 atom stereocenters. The van der Waals surface area contributed by atoms with Crippen LogP contribution in [0.3, 0.4) is 0 Å². The molecular weight excluding hydrogens is 278 g/mol. The Morgan fingerprint density at radius 2 is 1.76 bits per heavy atom. The number of hydrogen-bond donors (Lipinski definition) is 0. The van der Waals surface area contributed by atoms with Crippen molar-refractivity contribution in [2.24, 2.45) is 0 Å². The average molecular weight is 295 g/mol. The number of piperidine rings is 1. The minimum Gasteiger partial charge on any atom is -0.496 e. The standard InChI is InChI=1S/C13H17N3O5/c1-9-5-3-4-6-14(9)13-11(15(17)18)7-10(21-2)8-12(13)16(19)20/h7-9H,3-6H2,1-2H3. The summed E-state index contributed by atoms with van der Waals surface area (Å²) in [6, 6.07) is 2.51. The summed E-state index contributed by atoms with van der Waals surface area (Å²) in [6.07, 6.45) is 2.75. The van der Waals surface area contributed by atoms with E-state index >= 15 is 0 Å². The van der Waals surface area contributed by atoms with Gasteiger partial charge in [0.15, 0.2) is 5.69 Å². The van der Waals surface area contributed by atoms with Crippen molar-refractivity contribution >= 4 is 17.1 Å². The highest BCUT2D eigenvalue weighted by Crippen LogP contribution is 2.43. The van der Waals surface area contributed by atoms with Gasteiger partial charge in [-0.15, -0.1) is 0 Å². The van der Waals surface area contributed by atoms with Crippen LogP contribution in [0, 0.1) is 20.2 Å². The van der Waals surface area contributed by atoms with E-state index in [1.54, 1.807) is 4.90 Å². The molecule has 0 N–H and O–H groups in total. The third-order valence-electron chi connectivity index (χ3n) is 3.76. The summed E-state index contributed by atoms with van der Waals surface area (Å²) < 4.78 is 4.94. The van der Waals surface area contributed by atoms with Crippen molar-refractivity contribution in [3.63, 3.8) is 0 Å². The lowest BCUT2D eigenvalue weighted by Gasteiger charge is -2.34. The van der Waals surface area contributed by atoms with Gasteiger partial charge in [-0.2, -0.15) is 0 Å². The fourth-order valence-electron chi connectivity index (χ4n) is 2.70. The highest BCUT2D eigenvalue weighted by atomic mass is 16.6. The van der Waals surface area contributed by atoms with Gasteiger partial charge < -0.3 is 9.64 Å². The molecule has 1 saturated heterocycles. The summed E-state index contributed by atoms with van der Waals surface area (Å²) in [7, 11) is 1.33. The zero-order valence-corrected chi connectivity index (χ0v) is 11.9. The number of nitro groups is 2. The Morgan fingerprint density at radius 1 is 1.19 bits per heavy atom. The lowest BCUT2D eigenvalue weighted by Crippen LogP contribution is -2.38. The second-order valence-corrected chi connectivity index (χ2v) is 5.07. The molecule has 1 aliphatic rings. The second-order valence-electron chi connectivity index (χ2n) is 5.07. The normalized spacial score (nSPS) is 18.4. The van der Waals surface area contributed by atoms with E-state index in [0.717, 1.165) is 19.3 Å². The maximum Gasteiger partial charge on any atom is 0.303 e. The lowest BCUT2D eigenvalue weighted by molar-refractivity contribution is -0.392. The van der Waals surface area contributed by atoms with Crippen LogP contribution in [0.1, 0.15) is 26.2 Å². The lowest BCUT2D eigenvalue weighted by atomic mass is 10.0. The average Bonchev–Trinajstić information content (AvgIpc) is 2.46. The van der Waals surface area contributed by atoms with Crippen molar-refractivity contribution in [1.82, 2.24) is 0 Å². The third-order valence-corrected chi connectivity index (χ3v) is 3.76. The summed E-state index contributed by atoms with van der Waals surface area (Å²) in [4.78, 5) is 23.2. The molecule has 0 saturated carbocycles. The fourth-order valence-corrected chi connectivity index (χ4v) is 2.70. The van der Waals surface area contributed by atoms with Crippen LogP contribution in [-0.2, 0) is 0 Å². The summed E-state index contributed by atoms with van der Waals surface area (Å²) in [6.45, 7) is 2.51. The summed E-state index contributed by atoms with van der Waals surface area (Å²) in [5.41, 5.74) is -0.484. The van der Waals surface area contributed by atoms with Gasteiger partial charge in [-0.25, -0.2) is 0 Å². The van der Waals surface area contributed by atoms with Crippen molar-refractivity contribution in [2.75, 3.05) is 18.6 Å². The van der Waals surface area contributed by atoms with Gasteiger partial charge in [-0.3, -0.25) is 20.2 Å². The molecule has 1 aromatic rings. The Balaban J connectivity index is 2.65. The van der Waals surface area contributed by atoms with E-state index in [9.17, 15) is 20.2 Å². The minimum atomic E-state index is -0.591. The molecule has 1 unspecified atom stereocenters. The minimum absolute atomic E-state index is 0.0320. The zero-order chi connectivity index (χ0) is 15.6. The van der Waals surface area contributed by atoms with Crippen LogP contribution in [0.2, 0.25) is 0 Å². The molecule has 0 aromatic heterocycles. The second kappa shape index (κ2) is 5.94. The van der Waals surface area contributed by atoms with Crippen molar-refractivity contribution < 1.29 is 14.6 Å². The maximum atomic E-state index is 11.3. The molecule has 1 fully saturated rings. The van der Waals surface area contributed by atoms with E-state index in [1.165, 1.54) is 19.2 Å². The third kappa shape index (κ3) is 2.88. The Kier molecular flexibility index (Phi) is 4.25. The number of methoxy groups -OCH3 is 1. The van der Waals surface area contributed by atoms with Gasteiger partial charge in [0.2, 0.25) is 0 Å². The van der Waals surface area contributed by atoms with E-state index in [1.807, 2.05) is 6.92 Å². The predicted molar refractivity (Wildman–Crippen MR) is 77.0 cm³/mol. The van der Waals surface area contributed by atoms with Crippen LogP contribution in [0.25, 0.3) is 0 Å². The molecular formula is C13H17N3O5. The molecule has 8 heteroatoms. The van der Waals surface area contributed by atoms with Gasteiger partial charge in [0, 0.05) is 12.6 Å². The van der Waals surface area contributed by atoms with Crippen LogP contribution in [0.4, 0.5) is 17.1 Å². The van der Waals surface area contributed by atoms with Crippen LogP contribution < -0.4 is 9.64 Å². The van der Waals surface area contributed by atoms with E-state index in [4.69, 9.17) is 4.74 Å². The molecule has 0 bridgehead atoms. The molecule has 1 heterocycles. The molecule has 0 spiro atoms. The van der Waals surface area contributed by atoms with Gasteiger partial charge >= 0.3 is 11.4 Å². The molecule has 21 heavy (non-hydrogen) atoms. The van der Waals surface area contributed by atoms with Crippen molar-refractivity contribution in [1.29, 1.82) is 0 Å². The van der Waals surface area contributed by atoms with Crippen LogP contribution in [0.5, 0.6) is 5.75 Å². The molecule has 2 rings (SSSR count). The molecule has 1 aromatic carbocycles. The largest absolute Gasteiger partial charge is 0.496 e. The highest BCUT2D eigenvalue weighted by molar-refractivity contribution is 5.77. The van der Waals surface area contributed by atoms with Gasteiger partial charge in [0.1, 0.15) is 5.75 Å². The first-order chi connectivity index (χ1) is 9.95.